The Hall–Kier alpha value is 3.16. The molecular formula is H10BaO8Pb2S2. The number of rotatable bonds is 0. The van der Waals surface area contributed by atoms with Gasteiger partial charge in [0.15, 0.2) is 0 Å². The molecule has 0 saturated heterocycles. The van der Waals surface area contributed by atoms with Crippen LogP contribution in [0.3, 0.4) is 0 Å². The predicted octanol–water partition coefficient (Wildman–Crippen LogP) is -3.29. The van der Waals surface area contributed by atoms with E-state index in [1.54, 1.807) is 0 Å². The zero-order valence-electron chi connectivity index (χ0n) is 8.36. The summed E-state index contributed by atoms with van der Waals surface area (Å²) in [4.78, 5) is 0. The van der Waals surface area contributed by atoms with Crippen LogP contribution in [0.4, 0.5) is 0 Å². The molecule has 0 heterocycles. The molecular weight excluding hydrogens is 744 g/mol. The minimum absolute atomic E-state index is 0. The van der Waals surface area contributed by atoms with Gasteiger partial charge < -0.3 is 2.85 Å². The molecule has 0 amide bonds. The van der Waals surface area contributed by atoms with E-state index in [-0.39, 0.29) is 106 Å². The van der Waals surface area contributed by atoms with Crippen molar-refractivity contribution in [2.24, 2.45) is 0 Å². The molecule has 4 N–H and O–H groups in total. The van der Waals surface area contributed by atoms with Crippen LogP contribution in [-0.2, 0) is 20.8 Å². The van der Waals surface area contributed by atoms with Crippen molar-refractivity contribution < 1.29 is 37.9 Å². The summed E-state index contributed by atoms with van der Waals surface area (Å²) < 4.78 is 63.2. The Balaban J connectivity index is -0.0000000128. The average molecular weight is 754 g/mol. The molecule has 0 unspecified atom stereocenters. The van der Waals surface area contributed by atoms with Gasteiger partial charge in [-0.25, -0.2) is 0 Å². The Bertz CT molecular complexity index is 225. The molecule has 4 radical (unpaired) electrons. The van der Waals surface area contributed by atoms with Gasteiger partial charge in [0, 0.05) is 0 Å². The van der Waals surface area contributed by atoms with Gasteiger partial charge >= 0.3 is 124 Å². The van der Waals surface area contributed by atoms with Gasteiger partial charge in [0.2, 0.25) is 0 Å². The van der Waals surface area contributed by atoms with Gasteiger partial charge in [-0.15, -0.1) is 0 Å². The summed E-state index contributed by atoms with van der Waals surface area (Å²) >= 11 is 0. The van der Waals surface area contributed by atoms with Gasteiger partial charge in [-0.3, -0.25) is 18.2 Å². The molecule has 0 aromatic heterocycles. The van der Waals surface area contributed by atoms with Crippen LogP contribution in [0, 0.1) is 0 Å². The van der Waals surface area contributed by atoms with Crippen LogP contribution in [0.5, 0.6) is 0 Å². The second kappa shape index (κ2) is 13.2. The van der Waals surface area contributed by atoms with Crippen molar-refractivity contribution in [1.29, 1.82) is 0 Å². The van der Waals surface area contributed by atoms with Gasteiger partial charge in [-0.1, -0.05) is 0 Å². The Morgan fingerprint density at radius 1 is 0.692 bits per heavy atom. The Labute approximate surface area is 159 Å². The first-order chi connectivity index (χ1) is 4.00. The van der Waals surface area contributed by atoms with E-state index in [9.17, 15) is 0 Å². The second-order valence-electron chi connectivity index (χ2n) is 0.896. The standard InChI is InChI=1S/Ba.2H2O4S.2Pb.6H/c;2*1-5(2,3)4;;;;;;;;/h;2*(H2,1,2,3,4);;;;;;;;/q+2;;;;;;;;;2*-1. The van der Waals surface area contributed by atoms with Crippen molar-refractivity contribution >= 4 is 124 Å². The monoisotopic (exact) mass is 756 g/mol. The topological polar surface area (TPSA) is 149 Å². The van der Waals surface area contributed by atoms with E-state index >= 15 is 0 Å². The zero-order chi connectivity index (χ0) is 9.00. The molecule has 80 valence electrons. The Morgan fingerprint density at radius 3 is 0.692 bits per heavy atom. The average Bonchev–Trinajstić information content (AvgIpc) is 1.12. The molecule has 0 rings (SSSR count). The van der Waals surface area contributed by atoms with Gasteiger partial charge in [-0.2, -0.15) is 16.8 Å². The van der Waals surface area contributed by atoms with Crippen molar-refractivity contribution in [3.63, 3.8) is 0 Å². The molecule has 0 atom stereocenters. The third-order valence-corrected chi connectivity index (χ3v) is 0. The molecule has 8 nitrogen and oxygen atoms in total. The van der Waals surface area contributed by atoms with Crippen molar-refractivity contribution in [2.75, 3.05) is 0 Å². The quantitative estimate of drug-likeness (QED) is 0.149. The van der Waals surface area contributed by atoms with Gasteiger partial charge in [0.05, 0.1) is 0 Å². The summed E-state index contributed by atoms with van der Waals surface area (Å²) in [5, 5.41) is 0. The summed E-state index contributed by atoms with van der Waals surface area (Å²) in [5.74, 6) is 0. The van der Waals surface area contributed by atoms with Crippen molar-refractivity contribution in [3.05, 3.63) is 0 Å². The second-order valence-corrected chi connectivity index (χ2v) is 2.69. The number of hydrogen-bond donors (Lipinski definition) is 4. The van der Waals surface area contributed by atoms with Crippen LogP contribution in [0.15, 0.2) is 0 Å². The predicted molar refractivity (Wildman–Crippen MR) is 53.4 cm³/mol. The fourth-order valence-corrected chi connectivity index (χ4v) is 0. The van der Waals surface area contributed by atoms with E-state index in [1.807, 2.05) is 0 Å². The first kappa shape index (κ1) is 29.8. The first-order valence-corrected chi connectivity index (χ1v) is 4.19. The normalized spacial score (nSPS) is 8.92. The van der Waals surface area contributed by atoms with Crippen LogP contribution in [0.1, 0.15) is 2.85 Å². The third kappa shape index (κ3) is 263. The molecule has 0 spiro atoms. The Morgan fingerprint density at radius 2 is 0.692 bits per heavy atom. The van der Waals surface area contributed by atoms with Crippen LogP contribution in [0.25, 0.3) is 0 Å². The zero-order valence-corrected chi connectivity index (χ0v) is 23.4. The summed E-state index contributed by atoms with van der Waals surface area (Å²) in [6, 6.07) is 0. The van der Waals surface area contributed by atoms with E-state index in [1.165, 1.54) is 0 Å². The summed E-state index contributed by atoms with van der Waals surface area (Å²) in [5.41, 5.74) is 0. The molecule has 0 aliphatic rings. The number of hydrogen-bond acceptors (Lipinski definition) is 4. The van der Waals surface area contributed by atoms with E-state index in [0.717, 1.165) is 0 Å². The Kier molecular flexibility index (Phi) is 30.3. The minimum atomic E-state index is -4.67. The third-order valence-electron chi connectivity index (χ3n) is 0. The van der Waals surface area contributed by atoms with Crippen molar-refractivity contribution in [1.82, 2.24) is 0 Å². The van der Waals surface area contributed by atoms with Crippen LogP contribution in [0.2, 0.25) is 0 Å². The summed E-state index contributed by atoms with van der Waals surface area (Å²) in [6.07, 6.45) is 0. The van der Waals surface area contributed by atoms with E-state index in [0.29, 0.717) is 0 Å². The molecule has 13 heteroatoms. The van der Waals surface area contributed by atoms with Crippen LogP contribution < -0.4 is 0 Å². The van der Waals surface area contributed by atoms with Crippen LogP contribution in [-0.4, -0.2) is 139 Å². The van der Waals surface area contributed by atoms with Crippen molar-refractivity contribution in [3.8, 4) is 0 Å². The molecule has 0 aliphatic heterocycles. The maximum atomic E-state index is 8.74. The summed E-state index contributed by atoms with van der Waals surface area (Å²) in [7, 11) is -9.33. The van der Waals surface area contributed by atoms with E-state index in [4.69, 9.17) is 35.0 Å². The van der Waals surface area contributed by atoms with E-state index < -0.39 is 20.8 Å². The molecule has 0 aromatic rings. The first-order valence-electron chi connectivity index (χ1n) is 1.40. The molecule has 0 aromatic carbocycles. The SMILES string of the molecule is O=S(=O)(O)O.O=S(=O)(O)O.[Ba+2].[H-].[H-].[PbH2].[PbH2]. The van der Waals surface area contributed by atoms with Crippen LogP contribution >= 0.6 is 0 Å². The fraction of sp³-hybridized carbons (Fsp3) is 0. The molecule has 0 bridgehead atoms. The summed E-state index contributed by atoms with van der Waals surface area (Å²) in [6.45, 7) is 0. The maximum absolute atomic E-state index is 8.74. The van der Waals surface area contributed by atoms with Crippen molar-refractivity contribution in [2.45, 2.75) is 0 Å². The molecule has 13 heavy (non-hydrogen) atoms. The fourth-order valence-electron chi connectivity index (χ4n) is 0. The molecule has 0 saturated carbocycles. The van der Waals surface area contributed by atoms with Gasteiger partial charge in [-0.05, 0) is 0 Å². The molecule has 0 aliphatic carbocycles. The molecule has 0 fully saturated rings. The van der Waals surface area contributed by atoms with Gasteiger partial charge in [0.1, 0.15) is 0 Å². The van der Waals surface area contributed by atoms with E-state index in [2.05, 4.69) is 0 Å². The van der Waals surface area contributed by atoms with Gasteiger partial charge in [0.25, 0.3) is 0 Å².